The highest BCUT2D eigenvalue weighted by atomic mass is 16.6. The van der Waals surface area contributed by atoms with E-state index in [0.29, 0.717) is 0 Å². The van der Waals surface area contributed by atoms with Crippen molar-refractivity contribution in [3.63, 3.8) is 0 Å². The van der Waals surface area contributed by atoms with Gasteiger partial charge in [-0.25, -0.2) is 4.79 Å². The number of fused-ring (bicyclic) bond motifs is 3. The minimum absolute atomic E-state index is 0.0253. The van der Waals surface area contributed by atoms with Crippen LogP contribution >= 0.6 is 0 Å². The minimum Gasteiger partial charge on any atom is -0.431 e. The van der Waals surface area contributed by atoms with Gasteiger partial charge in [-0.15, -0.1) is 0 Å². The van der Waals surface area contributed by atoms with E-state index in [1.807, 2.05) is 4.90 Å². The van der Waals surface area contributed by atoms with Crippen molar-refractivity contribution in [2.45, 2.75) is 24.5 Å². The summed E-state index contributed by atoms with van der Waals surface area (Å²) in [5.41, 5.74) is 1.32. The van der Waals surface area contributed by atoms with Crippen LogP contribution in [0, 0.1) is 0 Å². The Morgan fingerprint density at radius 1 is 0.759 bits per heavy atom. The minimum atomic E-state index is -0.776. The van der Waals surface area contributed by atoms with Gasteiger partial charge >= 0.3 is 6.09 Å². The first-order chi connectivity index (χ1) is 14.3. The maximum Gasteiger partial charge on any atom is 0.411 e. The first-order valence-corrected chi connectivity index (χ1v) is 10.2. The van der Waals surface area contributed by atoms with Gasteiger partial charge in [0.05, 0.1) is 6.04 Å². The van der Waals surface area contributed by atoms with Gasteiger partial charge in [-0.1, -0.05) is 72.8 Å². The van der Waals surface area contributed by atoms with Crippen molar-refractivity contribution >= 4 is 27.6 Å². The van der Waals surface area contributed by atoms with Crippen LogP contribution in [0.3, 0.4) is 0 Å². The van der Waals surface area contributed by atoms with Gasteiger partial charge in [0.2, 0.25) is 0 Å². The fourth-order valence-corrected chi connectivity index (χ4v) is 5.18. The molecule has 0 aromatic heterocycles. The molecule has 0 unspecified atom stereocenters. The highest BCUT2D eigenvalue weighted by molar-refractivity contribution is 5.86. The summed E-state index contributed by atoms with van der Waals surface area (Å²) in [7, 11) is 0. The van der Waals surface area contributed by atoms with Gasteiger partial charge in [0.15, 0.2) is 5.60 Å². The Bertz CT molecular complexity index is 1180. The van der Waals surface area contributed by atoms with E-state index in [0.717, 1.165) is 41.3 Å². The van der Waals surface area contributed by atoms with Gasteiger partial charge in [0.25, 0.3) is 0 Å². The molecule has 2 heterocycles. The number of ether oxygens (including phenoxy) is 1. The van der Waals surface area contributed by atoms with E-state index < -0.39 is 5.60 Å². The van der Waals surface area contributed by atoms with E-state index in [-0.39, 0.29) is 12.1 Å². The van der Waals surface area contributed by atoms with Crippen molar-refractivity contribution in [1.29, 1.82) is 0 Å². The molecular weight excluding hydrogens is 358 g/mol. The van der Waals surface area contributed by atoms with E-state index in [9.17, 15) is 4.79 Å². The van der Waals surface area contributed by atoms with Crippen molar-refractivity contribution in [2.75, 3.05) is 6.54 Å². The van der Waals surface area contributed by atoms with Crippen LogP contribution in [-0.2, 0) is 10.3 Å². The summed E-state index contributed by atoms with van der Waals surface area (Å²) in [5, 5.41) is 4.71. The molecule has 1 amide bonds. The number of benzene rings is 4. The molecule has 2 aliphatic rings. The predicted molar refractivity (Wildman–Crippen MR) is 115 cm³/mol. The zero-order valence-corrected chi connectivity index (χ0v) is 16.0. The van der Waals surface area contributed by atoms with Crippen LogP contribution in [0.1, 0.15) is 24.0 Å². The van der Waals surface area contributed by atoms with Gasteiger partial charge in [-0.3, -0.25) is 0 Å². The van der Waals surface area contributed by atoms with Gasteiger partial charge < -0.3 is 9.64 Å². The largest absolute Gasteiger partial charge is 0.431 e. The normalized spacial score (nSPS) is 20.2. The topological polar surface area (TPSA) is 29.5 Å². The second-order valence-electron chi connectivity index (χ2n) is 8.08. The Labute approximate surface area is 169 Å². The van der Waals surface area contributed by atoms with Crippen LogP contribution in [-0.4, -0.2) is 23.6 Å². The van der Waals surface area contributed by atoms with Crippen molar-refractivity contribution in [1.82, 2.24) is 4.90 Å². The van der Waals surface area contributed by atoms with E-state index in [1.54, 1.807) is 0 Å². The highest BCUT2D eigenvalue weighted by Gasteiger charge is 2.57. The fourth-order valence-electron chi connectivity index (χ4n) is 5.18. The molecule has 4 aromatic rings. The van der Waals surface area contributed by atoms with Crippen LogP contribution in [0.4, 0.5) is 4.79 Å². The number of hydrogen-bond acceptors (Lipinski definition) is 2. The van der Waals surface area contributed by atoms with Gasteiger partial charge in [0.1, 0.15) is 0 Å². The number of nitrogens with zero attached hydrogens (tertiary/aromatic N) is 1. The Balaban J connectivity index is 1.63. The van der Waals surface area contributed by atoms with Crippen molar-refractivity contribution in [3.8, 4) is 0 Å². The first-order valence-electron chi connectivity index (χ1n) is 10.2. The van der Waals surface area contributed by atoms with Crippen LogP contribution < -0.4 is 0 Å². The summed E-state index contributed by atoms with van der Waals surface area (Å²) in [6, 6.07) is 29.6. The lowest BCUT2D eigenvalue weighted by atomic mass is 9.78. The molecule has 2 saturated heterocycles. The molecule has 4 aromatic carbocycles. The van der Waals surface area contributed by atoms with Crippen LogP contribution in [0.25, 0.3) is 21.5 Å². The number of carbonyl (C=O) groups excluding carboxylic acids is 1. The lowest BCUT2D eigenvalue weighted by molar-refractivity contribution is 0.0672. The second kappa shape index (κ2) is 6.08. The molecule has 0 N–H and O–H groups in total. The smallest absolute Gasteiger partial charge is 0.411 e. The van der Waals surface area contributed by atoms with E-state index in [2.05, 4.69) is 84.9 Å². The first kappa shape index (κ1) is 16.6. The van der Waals surface area contributed by atoms with Gasteiger partial charge in [0, 0.05) is 17.7 Å². The third-order valence-electron chi connectivity index (χ3n) is 6.56. The average molecular weight is 379 g/mol. The number of amides is 1. The average Bonchev–Trinajstić information content (AvgIpc) is 3.36. The molecule has 2 fully saturated rings. The molecular formula is C26H21NO2. The molecule has 3 heteroatoms. The number of rotatable bonds is 2. The monoisotopic (exact) mass is 379 g/mol. The molecule has 6 rings (SSSR count). The molecule has 29 heavy (non-hydrogen) atoms. The number of cyclic esters (lactones) is 1. The third kappa shape index (κ3) is 2.34. The fraction of sp³-hybridized carbons (Fsp3) is 0.192. The molecule has 2 aliphatic heterocycles. The summed E-state index contributed by atoms with van der Waals surface area (Å²) in [4.78, 5) is 14.8. The van der Waals surface area contributed by atoms with Crippen LogP contribution in [0.5, 0.6) is 0 Å². The molecule has 0 bridgehead atoms. The third-order valence-corrected chi connectivity index (χ3v) is 6.56. The van der Waals surface area contributed by atoms with Crippen molar-refractivity contribution < 1.29 is 9.53 Å². The Morgan fingerprint density at radius 3 is 1.90 bits per heavy atom. The number of carbonyl (C=O) groups is 1. The summed E-state index contributed by atoms with van der Waals surface area (Å²) in [6.45, 7) is 0.770. The van der Waals surface area contributed by atoms with Crippen LogP contribution in [0.2, 0.25) is 0 Å². The second-order valence-corrected chi connectivity index (χ2v) is 8.08. The molecule has 0 aliphatic carbocycles. The van der Waals surface area contributed by atoms with Crippen molar-refractivity contribution in [2.24, 2.45) is 0 Å². The Hall–Kier alpha value is -3.33. The standard InChI is InChI=1S/C26H21NO2/c28-25-27-15-5-10-24(27)26(29-25,22-13-11-18-6-1-3-8-20(18)16-22)23-14-12-19-7-2-4-9-21(19)17-23/h1-4,6-9,11-14,16-17,24H,5,10,15H2/t24-/m0/s1. The summed E-state index contributed by atoms with van der Waals surface area (Å²) >= 11 is 0. The Kier molecular flexibility index (Phi) is 3.48. The molecule has 0 spiro atoms. The zero-order valence-electron chi connectivity index (χ0n) is 16.0. The highest BCUT2D eigenvalue weighted by Crippen LogP contribution is 2.49. The van der Waals surface area contributed by atoms with Crippen molar-refractivity contribution in [3.05, 3.63) is 96.1 Å². The zero-order chi connectivity index (χ0) is 19.4. The SMILES string of the molecule is O=C1OC(c2ccc3ccccc3c2)(c2ccc3ccccc3c2)[C@@H]2CCCN12. The summed E-state index contributed by atoms with van der Waals surface area (Å²) in [6.07, 6.45) is 1.77. The summed E-state index contributed by atoms with van der Waals surface area (Å²) < 4.78 is 6.27. The maximum atomic E-state index is 12.8. The lowest BCUT2D eigenvalue weighted by Gasteiger charge is -2.34. The molecule has 3 nitrogen and oxygen atoms in total. The predicted octanol–water partition coefficient (Wildman–Crippen LogP) is 5.85. The van der Waals surface area contributed by atoms with E-state index in [1.165, 1.54) is 10.8 Å². The molecule has 0 saturated carbocycles. The lowest BCUT2D eigenvalue weighted by Crippen LogP contribution is -2.40. The van der Waals surface area contributed by atoms with Crippen LogP contribution in [0.15, 0.2) is 84.9 Å². The number of hydrogen-bond donors (Lipinski definition) is 0. The quantitative estimate of drug-likeness (QED) is 0.437. The van der Waals surface area contributed by atoms with Gasteiger partial charge in [-0.05, 0) is 46.5 Å². The maximum absolute atomic E-state index is 12.8. The van der Waals surface area contributed by atoms with Gasteiger partial charge in [-0.2, -0.15) is 0 Å². The molecule has 0 radical (unpaired) electrons. The van der Waals surface area contributed by atoms with E-state index in [4.69, 9.17) is 4.74 Å². The Morgan fingerprint density at radius 2 is 1.31 bits per heavy atom. The molecule has 1 atom stereocenters. The van der Waals surface area contributed by atoms with E-state index >= 15 is 0 Å². The summed E-state index contributed by atoms with van der Waals surface area (Å²) in [5.74, 6) is 0. The molecule has 142 valence electrons.